The number of amides is 1. The monoisotopic (exact) mass is 450 g/mol. The van der Waals surface area contributed by atoms with E-state index in [1.807, 2.05) is 6.92 Å². The van der Waals surface area contributed by atoms with E-state index in [2.05, 4.69) is 5.32 Å². The molecule has 160 valence electrons. The molecule has 0 atom stereocenters. The van der Waals surface area contributed by atoms with Gasteiger partial charge in [0, 0.05) is 23.8 Å². The predicted octanol–water partition coefficient (Wildman–Crippen LogP) is 3.62. The molecule has 9 heteroatoms. The van der Waals surface area contributed by atoms with Gasteiger partial charge in [0.1, 0.15) is 0 Å². The highest BCUT2D eigenvalue weighted by Crippen LogP contribution is 2.24. The predicted molar refractivity (Wildman–Crippen MR) is 114 cm³/mol. The lowest BCUT2D eigenvalue weighted by Crippen LogP contribution is -2.36. The molecule has 0 aliphatic carbocycles. The molecule has 0 radical (unpaired) electrons. The summed E-state index contributed by atoms with van der Waals surface area (Å²) in [6.07, 6.45) is 2.56. The lowest BCUT2D eigenvalue weighted by molar-refractivity contribution is -0.119. The number of benzene rings is 2. The molecule has 0 unspecified atom stereocenters. The standard InChI is InChI=1S/C21H23ClN2O5S/c1-15-9-10-16(13-18(15)22)23-20(25)14-29-21(26)17-7-3-4-8-19(17)30(27,28)24-11-5-2-6-12-24/h3-4,7-10,13H,2,5-6,11-12,14H2,1H3,(H,23,25). The molecule has 0 saturated carbocycles. The van der Waals surface area contributed by atoms with Gasteiger partial charge in [-0.3, -0.25) is 4.79 Å². The summed E-state index contributed by atoms with van der Waals surface area (Å²) in [5, 5.41) is 3.09. The Balaban J connectivity index is 1.68. The van der Waals surface area contributed by atoms with Crippen molar-refractivity contribution in [1.29, 1.82) is 0 Å². The fourth-order valence-corrected chi connectivity index (χ4v) is 5.06. The summed E-state index contributed by atoms with van der Waals surface area (Å²) >= 11 is 6.03. The van der Waals surface area contributed by atoms with Crippen LogP contribution in [-0.2, 0) is 19.6 Å². The van der Waals surface area contributed by atoms with Gasteiger partial charge in [-0.1, -0.05) is 36.2 Å². The second-order valence-corrected chi connectivity index (χ2v) is 9.36. The molecule has 1 amide bonds. The van der Waals surface area contributed by atoms with E-state index in [4.69, 9.17) is 16.3 Å². The second-order valence-electron chi connectivity index (χ2n) is 7.05. The Bertz CT molecular complexity index is 1050. The lowest BCUT2D eigenvalue weighted by Gasteiger charge is -2.26. The van der Waals surface area contributed by atoms with E-state index < -0.39 is 28.5 Å². The highest BCUT2D eigenvalue weighted by molar-refractivity contribution is 7.89. The molecule has 3 rings (SSSR count). The molecule has 0 aromatic heterocycles. The topological polar surface area (TPSA) is 92.8 Å². The van der Waals surface area contributed by atoms with Gasteiger partial charge in [-0.15, -0.1) is 0 Å². The van der Waals surface area contributed by atoms with Crippen LogP contribution in [0.25, 0.3) is 0 Å². The van der Waals surface area contributed by atoms with Crippen molar-refractivity contribution in [2.75, 3.05) is 25.0 Å². The number of piperidine rings is 1. The zero-order chi connectivity index (χ0) is 21.7. The Kier molecular flexibility index (Phi) is 7.12. The molecule has 1 heterocycles. The number of ether oxygens (including phenoxy) is 1. The summed E-state index contributed by atoms with van der Waals surface area (Å²) in [5.41, 5.74) is 1.25. The van der Waals surface area contributed by atoms with Gasteiger partial charge in [0.15, 0.2) is 6.61 Å². The first kappa shape index (κ1) is 22.3. The molecule has 1 N–H and O–H groups in total. The van der Waals surface area contributed by atoms with Crippen LogP contribution in [0.2, 0.25) is 5.02 Å². The largest absolute Gasteiger partial charge is 0.452 e. The number of halogens is 1. The van der Waals surface area contributed by atoms with Crippen LogP contribution in [-0.4, -0.2) is 44.3 Å². The summed E-state index contributed by atoms with van der Waals surface area (Å²) in [4.78, 5) is 24.6. The Morgan fingerprint density at radius 1 is 1.10 bits per heavy atom. The maximum Gasteiger partial charge on any atom is 0.340 e. The highest BCUT2D eigenvalue weighted by Gasteiger charge is 2.30. The number of aryl methyl sites for hydroxylation is 1. The summed E-state index contributed by atoms with van der Waals surface area (Å²) in [6.45, 7) is 2.13. The Labute approximate surface area is 181 Å². The van der Waals surface area contributed by atoms with Gasteiger partial charge in [0.2, 0.25) is 10.0 Å². The van der Waals surface area contributed by atoms with Crippen molar-refractivity contribution in [3.05, 3.63) is 58.6 Å². The zero-order valence-corrected chi connectivity index (χ0v) is 18.1. The van der Waals surface area contributed by atoms with E-state index in [1.54, 1.807) is 30.3 Å². The first-order chi connectivity index (χ1) is 14.3. The van der Waals surface area contributed by atoms with Crippen LogP contribution in [0.15, 0.2) is 47.4 Å². The zero-order valence-electron chi connectivity index (χ0n) is 16.6. The van der Waals surface area contributed by atoms with Crippen LogP contribution < -0.4 is 5.32 Å². The summed E-state index contributed by atoms with van der Waals surface area (Å²) in [6, 6.07) is 10.9. The molecule has 1 aliphatic heterocycles. The van der Waals surface area contributed by atoms with Crippen molar-refractivity contribution < 1.29 is 22.7 Å². The van der Waals surface area contributed by atoms with Crippen molar-refractivity contribution in [3.63, 3.8) is 0 Å². The van der Waals surface area contributed by atoms with E-state index in [9.17, 15) is 18.0 Å². The van der Waals surface area contributed by atoms with Gasteiger partial charge < -0.3 is 10.1 Å². The first-order valence-corrected chi connectivity index (χ1v) is 11.4. The maximum absolute atomic E-state index is 13.0. The van der Waals surface area contributed by atoms with Crippen LogP contribution in [0.4, 0.5) is 5.69 Å². The van der Waals surface area contributed by atoms with Crippen LogP contribution in [0.5, 0.6) is 0 Å². The van der Waals surface area contributed by atoms with Crippen LogP contribution in [0.3, 0.4) is 0 Å². The minimum Gasteiger partial charge on any atom is -0.452 e. The van der Waals surface area contributed by atoms with Gasteiger partial charge in [-0.05, 0) is 49.6 Å². The fraction of sp³-hybridized carbons (Fsp3) is 0.333. The number of sulfonamides is 1. The Hall–Kier alpha value is -2.42. The minimum absolute atomic E-state index is 0.0887. The molecule has 0 spiro atoms. The maximum atomic E-state index is 13.0. The van der Waals surface area contributed by atoms with E-state index in [1.165, 1.54) is 16.4 Å². The minimum atomic E-state index is -3.82. The number of esters is 1. The fourth-order valence-electron chi connectivity index (χ4n) is 3.18. The molecule has 30 heavy (non-hydrogen) atoms. The number of carbonyl (C=O) groups is 2. The number of rotatable bonds is 6. The quantitative estimate of drug-likeness (QED) is 0.678. The number of nitrogens with zero attached hydrogens (tertiary/aromatic N) is 1. The van der Waals surface area contributed by atoms with E-state index in [0.717, 1.165) is 24.8 Å². The molecule has 2 aromatic carbocycles. The van der Waals surface area contributed by atoms with Crippen molar-refractivity contribution in [3.8, 4) is 0 Å². The average Bonchev–Trinajstić information content (AvgIpc) is 2.75. The third-order valence-electron chi connectivity index (χ3n) is 4.83. The average molecular weight is 451 g/mol. The smallest absolute Gasteiger partial charge is 0.340 e. The summed E-state index contributed by atoms with van der Waals surface area (Å²) < 4.78 is 32.4. The SMILES string of the molecule is Cc1ccc(NC(=O)COC(=O)c2ccccc2S(=O)(=O)N2CCCCC2)cc1Cl. The van der Waals surface area contributed by atoms with E-state index in [0.29, 0.717) is 23.8 Å². The molecular formula is C21H23ClN2O5S. The molecular weight excluding hydrogens is 428 g/mol. The number of nitrogens with one attached hydrogen (secondary N) is 1. The van der Waals surface area contributed by atoms with Gasteiger partial charge in [0.05, 0.1) is 10.5 Å². The van der Waals surface area contributed by atoms with Crippen molar-refractivity contribution >= 4 is 39.2 Å². The molecule has 1 fully saturated rings. The summed E-state index contributed by atoms with van der Waals surface area (Å²) in [7, 11) is -3.82. The third kappa shape index (κ3) is 5.19. The van der Waals surface area contributed by atoms with Crippen LogP contribution in [0, 0.1) is 6.92 Å². The Morgan fingerprint density at radius 2 is 1.80 bits per heavy atom. The summed E-state index contributed by atoms with van der Waals surface area (Å²) in [5.74, 6) is -1.43. The third-order valence-corrected chi connectivity index (χ3v) is 7.19. The van der Waals surface area contributed by atoms with Gasteiger partial charge >= 0.3 is 5.97 Å². The van der Waals surface area contributed by atoms with Gasteiger partial charge in [0.25, 0.3) is 5.91 Å². The highest BCUT2D eigenvalue weighted by atomic mass is 35.5. The Morgan fingerprint density at radius 3 is 2.50 bits per heavy atom. The number of hydrogen-bond donors (Lipinski definition) is 1. The second kappa shape index (κ2) is 9.59. The van der Waals surface area contributed by atoms with Gasteiger partial charge in [-0.25, -0.2) is 13.2 Å². The molecule has 2 aromatic rings. The van der Waals surface area contributed by atoms with Crippen molar-refractivity contribution in [1.82, 2.24) is 4.31 Å². The number of hydrogen-bond acceptors (Lipinski definition) is 5. The van der Waals surface area contributed by atoms with Crippen molar-refractivity contribution in [2.45, 2.75) is 31.1 Å². The van der Waals surface area contributed by atoms with E-state index in [-0.39, 0.29) is 10.5 Å². The van der Waals surface area contributed by atoms with Crippen LogP contribution >= 0.6 is 11.6 Å². The van der Waals surface area contributed by atoms with Gasteiger partial charge in [-0.2, -0.15) is 4.31 Å². The molecule has 1 aliphatic rings. The number of carbonyl (C=O) groups excluding carboxylic acids is 2. The molecule has 0 bridgehead atoms. The van der Waals surface area contributed by atoms with Crippen LogP contribution in [0.1, 0.15) is 35.2 Å². The number of anilines is 1. The lowest BCUT2D eigenvalue weighted by atomic mass is 10.2. The molecule has 7 nitrogen and oxygen atoms in total. The van der Waals surface area contributed by atoms with E-state index >= 15 is 0 Å². The normalized spacial score (nSPS) is 14.9. The van der Waals surface area contributed by atoms with Crippen molar-refractivity contribution in [2.24, 2.45) is 0 Å². The first-order valence-electron chi connectivity index (χ1n) is 9.61. The molecule has 1 saturated heterocycles.